The summed E-state index contributed by atoms with van der Waals surface area (Å²) in [7, 11) is 0. The molecule has 1 heterocycles. The van der Waals surface area contributed by atoms with Crippen molar-refractivity contribution in [3.63, 3.8) is 0 Å². The van der Waals surface area contributed by atoms with Gasteiger partial charge in [-0.05, 0) is 43.4 Å². The lowest BCUT2D eigenvalue weighted by molar-refractivity contribution is -0.140. The maximum Gasteiger partial charge on any atom is 0.247 e. The Morgan fingerprint density at radius 1 is 0.933 bits per heavy atom. The lowest BCUT2D eigenvalue weighted by Crippen LogP contribution is -2.52. The SMILES string of the molecule is O=C(Nc1ccccc1)C(Cc1ccccc1)NC(=O)[C@@H]1CCCN1C(=O)C1CC1. The Morgan fingerprint density at radius 2 is 1.60 bits per heavy atom. The van der Waals surface area contributed by atoms with Gasteiger partial charge in [0, 0.05) is 24.6 Å². The molecule has 0 radical (unpaired) electrons. The number of para-hydroxylation sites is 1. The third-order valence-electron chi connectivity index (χ3n) is 5.72. The second-order valence-electron chi connectivity index (χ2n) is 8.07. The van der Waals surface area contributed by atoms with Crippen LogP contribution in [0.25, 0.3) is 0 Å². The summed E-state index contributed by atoms with van der Waals surface area (Å²) in [6, 6.07) is 17.6. The number of nitrogens with zero attached hydrogens (tertiary/aromatic N) is 1. The average molecular weight is 405 g/mol. The van der Waals surface area contributed by atoms with Crippen molar-refractivity contribution in [1.82, 2.24) is 10.2 Å². The largest absolute Gasteiger partial charge is 0.342 e. The number of rotatable bonds is 7. The molecule has 6 nitrogen and oxygen atoms in total. The molecule has 1 saturated carbocycles. The minimum atomic E-state index is -0.724. The van der Waals surface area contributed by atoms with Gasteiger partial charge < -0.3 is 15.5 Å². The van der Waals surface area contributed by atoms with Gasteiger partial charge >= 0.3 is 0 Å². The van der Waals surface area contributed by atoms with Crippen LogP contribution in [0.15, 0.2) is 60.7 Å². The summed E-state index contributed by atoms with van der Waals surface area (Å²) in [6.07, 6.45) is 3.67. The van der Waals surface area contributed by atoms with Gasteiger partial charge in [-0.1, -0.05) is 48.5 Å². The Labute approximate surface area is 176 Å². The van der Waals surface area contributed by atoms with Crippen molar-refractivity contribution in [1.29, 1.82) is 0 Å². The lowest BCUT2D eigenvalue weighted by Gasteiger charge is -2.26. The second kappa shape index (κ2) is 9.11. The molecule has 3 amide bonds. The quantitative estimate of drug-likeness (QED) is 0.744. The van der Waals surface area contributed by atoms with E-state index < -0.39 is 12.1 Å². The zero-order valence-electron chi connectivity index (χ0n) is 16.9. The maximum absolute atomic E-state index is 13.1. The molecule has 4 rings (SSSR count). The van der Waals surface area contributed by atoms with Crippen LogP contribution in [0.5, 0.6) is 0 Å². The van der Waals surface area contributed by atoms with E-state index in [0.29, 0.717) is 25.1 Å². The van der Waals surface area contributed by atoms with E-state index in [-0.39, 0.29) is 23.6 Å². The van der Waals surface area contributed by atoms with E-state index in [1.165, 1.54) is 0 Å². The summed E-state index contributed by atoms with van der Waals surface area (Å²) in [6.45, 7) is 0.618. The van der Waals surface area contributed by atoms with Crippen LogP contribution in [0, 0.1) is 5.92 Å². The van der Waals surface area contributed by atoms with Crippen molar-refractivity contribution < 1.29 is 14.4 Å². The molecule has 1 unspecified atom stereocenters. The van der Waals surface area contributed by atoms with Gasteiger partial charge in [0.2, 0.25) is 17.7 Å². The molecule has 0 bridgehead atoms. The number of carbonyl (C=O) groups is 3. The van der Waals surface area contributed by atoms with Gasteiger partial charge in [0.25, 0.3) is 0 Å². The first-order valence-electron chi connectivity index (χ1n) is 10.6. The van der Waals surface area contributed by atoms with Gasteiger partial charge in [-0.3, -0.25) is 14.4 Å². The fraction of sp³-hybridized carbons (Fsp3) is 0.375. The van der Waals surface area contributed by atoms with E-state index in [9.17, 15) is 14.4 Å². The molecule has 2 atom stereocenters. The smallest absolute Gasteiger partial charge is 0.247 e. The minimum absolute atomic E-state index is 0.0832. The topological polar surface area (TPSA) is 78.5 Å². The molecule has 0 aromatic heterocycles. The average Bonchev–Trinajstić information content (AvgIpc) is 3.50. The van der Waals surface area contributed by atoms with Crippen molar-refractivity contribution in [2.75, 3.05) is 11.9 Å². The monoisotopic (exact) mass is 405 g/mol. The number of benzene rings is 2. The van der Waals surface area contributed by atoms with Crippen molar-refractivity contribution >= 4 is 23.4 Å². The molecule has 6 heteroatoms. The molecule has 30 heavy (non-hydrogen) atoms. The van der Waals surface area contributed by atoms with Crippen LogP contribution in [-0.4, -0.2) is 41.2 Å². The van der Waals surface area contributed by atoms with Crippen molar-refractivity contribution in [3.8, 4) is 0 Å². The number of carbonyl (C=O) groups excluding carboxylic acids is 3. The molecule has 2 aromatic carbocycles. The highest BCUT2D eigenvalue weighted by Gasteiger charge is 2.41. The summed E-state index contributed by atoms with van der Waals surface area (Å²) >= 11 is 0. The first-order chi connectivity index (χ1) is 14.6. The Hall–Kier alpha value is -3.15. The van der Waals surface area contributed by atoms with Crippen LogP contribution >= 0.6 is 0 Å². The number of amides is 3. The molecule has 2 aromatic rings. The summed E-state index contributed by atoms with van der Waals surface area (Å²) in [5.74, 6) is -0.344. The first-order valence-corrected chi connectivity index (χ1v) is 10.6. The van der Waals surface area contributed by atoms with E-state index in [0.717, 1.165) is 24.8 Å². The maximum atomic E-state index is 13.1. The van der Waals surface area contributed by atoms with Gasteiger partial charge in [-0.25, -0.2) is 0 Å². The molecule has 2 aliphatic rings. The van der Waals surface area contributed by atoms with E-state index in [2.05, 4.69) is 10.6 Å². The van der Waals surface area contributed by atoms with Crippen molar-refractivity contribution in [3.05, 3.63) is 66.2 Å². The summed E-state index contributed by atoms with van der Waals surface area (Å²) in [5.41, 5.74) is 1.64. The molecule has 1 aliphatic heterocycles. The molecular formula is C24H27N3O3. The number of nitrogens with one attached hydrogen (secondary N) is 2. The van der Waals surface area contributed by atoms with Crippen LogP contribution in [0.2, 0.25) is 0 Å². The molecule has 2 N–H and O–H groups in total. The van der Waals surface area contributed by atoms with Crippen LogP contribution < -0.4 is 10.6 Å². The normalized spacial score (nSPS) is 19.2. The van der Waals surface area contributed by atoms with E-state index in [1.807, 2.05) is 60.7 Å². The van der Waals surface area contributed by atoms with Crippen LogP contribution in [0.3, 0.4) is 0 Å². The van der Waals surface area contributed by atoms with Crippen LogP contribution in [0.1, 0.15) is 31.2 Å². The molecule has 1 saturated heterocycles. The number of hydrogen-bond donors (Lipinski definition) is 2. The van der Waals surface area contributed by atoms with Gasteiger partial charge in [-0.2, -0.15) is 0 Å². The molecule has 156 valence electrons. The number of likely N-dealkylation sites (tertiary alicyclic amines) is 1. The fourth-order valence-electron chi connectivity index (χ4n) is 3.95. The molecule has 0 spiro atoms. The Morgan fingerprint density at radius 3 is 2.27 bits per heavy atom. The predicted molar refractivity (Wildman–Crippen MR) is 115 cm³/mol. The Bertz CT molecular complexity index is 896. The lowest BCUT2D eigenvalue weighted by atomic mass is 10.0. The van der Waals surface area contributed by atoms with E-state index >= 15 is 0 Å². The summed E-state index contributed by atoms with van der Waals surface area (Å²) in [4.78, 5) is 40.3. The number of hydrogen-bond acceptors (Lipinski definition) is 3. The van der Waals surface area contributed by atoms with Crippen molar-refractivity contribution in [2.45, 2.75) is 44.2 Å². The zero-order valence-corrected chi connectivity index (χ0v) is 16.9. The first kappa shape index (κ1) is 20.1. The van der Waals surface area contributed by atoms with Gasteiger partial charge in [0.15, 0.2) is 0 Å². The summed E-state index contributed by atoms with van der Waals surface area (Å²) < 4.78 is 0. The van der Waals surface area contributed by atoms with Gasteiger partial charge in [0.1, 0.15) is 12.1 Å². The third kappa shape index (κ3) is 4.87. The summed E-state index contributed by atoms with van der Waals surface area (Å²) in [5, 5.41) is 5.81. The highest BCUT2D eigenvalue weighted by Crippen LogP contribution is 2.33. The highest BCUT2D eigenvalue weighted by atomic mass is 16.2. The van der Waals surface area contributed by atoms with Gasteiger partial charge in [-0.15, -0.1) is 0 Å². The number of anilines is 1. The Balaban J connectivity index is 1.47. The Kier molecular flexibility index (Phi) is 6.12. The zero-order chi connectivity index (χ0) is 20.9. The molecule has 1 aliphatic carbocycles. The van der Waals surface area contributed by atoms with Crippen LogP contribution in [-0.2, 0) is 20.8 Å². The second-order valence-corrected chi connectivity index (χ2v) is 8.07. The van der Waals surface area contributed by atoms with Crippen molar-refractivity contribution in [2.24, 2.45) is 5.92 Å². The van der Waals surface area contributed by atoms with Gasteiger partial charge in [0.05, 0.1) is 0 Å². The fourth-order valence-corrected chi connectivity index (χ4v) is 3.95. The molecular weight excluding hydrogens is 378 g/mol. The third-order valence-corrected chi connectivity index (χ3v) is 5.72. The standard InChI is InChI=1S/C24H27N3O3/c28-22(25-19-10-5-2-6-11-19)20(16-17-8-3-1-4-9-17)26-23(29)21-12-7-15-27(21)24(30)18-13-14-18/h1-6,8-11,18,20-21H,7,12-16H2,(H,25,28)(H,26,29)/t20?,21-/m0/s1. The predicted octanol–water partition coefficient (Wildman–Crippen LogP) is 2.75. The van der Waals surface area contributed by atoms with E-state index in [1.54, 1.807) is 4.90 Å². The van der Waals surface area contributed by atoms with E-state index in [4.69, 9.17) is 0 Å². The molecule has 2 fully saturated rings. The minimum Gasteiger partial charge on any atom is -0.342 e. The van der Waals surface area contributed by atoms with Crippen LogP contribution in [0.4, 0.5) is 5.69 Å². The highest BCUT2D eigenvalue weighted by molar-refractivity contribution is 5.98.